The Morgan fingerprint density at radius 3 is 2.76 bits per heavy atom. The average Bonchev–Trinajstić information content (AvgIpc) is 2.39. The van der Waals surface area contributed by atoms with Gasteiger partial charge in [0, 0.05) is 0 Å². The third-order valence-electron chi connectivity index (χ3n) is 2.19. The normalized spacial score (nSPS) is 10.9. The predicted octanol–water partition coefficient (Wildman–Crippen LogP) is 2.13. The fraction of sp³-hybridized carbons (Fsp3) is 0.231. The maximum atomic E-state index is 11.9. The molecular formula is C13H14ClN5O2. The van der Waals surface area contributed by atoms with Crippen molar-refractivity contribution < 1.29 is 9.53 Å². The van der Waals surface area contributed by atoms with E-state index in [1.807, 2.05) is 0 Å². The van der Waals surface area contributed by atoms with Crippen LogP contribution >= 0.6 is 11.6 Å². The molecule has 0 atom stereocenters. The number of hydrogen-bond acceptors (Lipinski definition) is 6. The number of carbonyl (C=O) groups is 1. The molecule has 1 rings (SSSR count). The van der Waals surface area contributed by atoms with E-state index >= 15 is 0 Å². The molecule has 0 heterocycles. The van der Waals surface area contributed by atoms with Crippen molar-refractivity contribution >= 4 is 34.8 Å². The van der Waals surface area contributed by atoms with Crippen LogP contribution in [0, 0.1) is 16.7 Å². The number of hydrazone groups is 1. The number of benzene rings is 1. The number of hydrogen-bond donors (Lipinski definition) is 3. The Bertz CT molecular complexity index is 634. The van der Waals surface area contributed by atoms with Crippen LogP contribution in [0.15, 0.2) is 23.3 Å². The second-order valence-electron chi connectivity index (χ2n) is 4.25. The molecule has 0 saturated heterocycles. The van der Waals surface area contributed by atoms with Gasteiger partial charge in [-0.1, -0.05) is 11.6 Å². The summed E-state index contributed by atoms with van der Waals surface area (Å²) in [6, 6.07) is 6.16. The molecule has 0 amide bonds. The van der Waals surface area contributed by atoms with Gasteiger partial charge in [-0.15, -0.1) is 0 Å². The maximum Gasteiger partial charge on any atom is 0.339 e. The summed E-state index contributed by atoms with van der Waals surface area (Å²) in [5.41, 5.74) is 8.01. The topological polar surface area (TPSA) is 124 Å². The summed E-state index contributed by atoms with van der Waals surface area (Å²) in [7, 11) is 0. The van der Waals surface area contributed by atoms with Crippen LogP contribution in [-0.4, -0.2) is 23.6 Å². The van der Waals surface area contributed by atoms with Crippen LogP contribution < -0.4 is 11.2 Å². The van der Waals surface area contributed by atoms with Crippen LogP contribution in [-0.2, 0) is 4.74 Å². The molecular weight excluding hydrogens is 294 g/mol. The molecule has 110 valence electrons. The van der Waals surface area contributed by atoms with Gasteiger partial charge in [-0.3, -0.25) is 10.8 Å². The lowest BCUT2D eigenvalue weighted by Crippen LogP contribution is -2.21. The van der Waals surface area contributed by atoms with E-state index in [0.717, 1.165) is 0 Å². The Kier molecular flexibility index (Phi) is 5.69. The van der Waals surface area contributed by atoms with Crippen molar-refractivity contribution in [3.05, 3.63) is 28.8 Å². The molecule has 0 saturated carbocycles. The highest BCUT2D eigenvalue weighted by Crippen LogP contribution is 2.22. The van der Waals surface area contributed by atoms with Crippen LogP contribution in [0.1, 0.15) is 24.2 Å². The summed E-state index contributed by atoms with van der Waals surface area (Å²) in [5, 5.41) is 19.8. The Morgan fingerprint density at radius 1 is 1.57 bits per heavy atom. The number of ether oxygens (including phenoxy) is 1. The molecule has 0 fully saturated rings. The van der Waals surface area contributed by atoms with E-state index in [1.54, 1.807) is 26.0 Å². The van der Waals surface area contributed by atoms with E-state index < -0.39 is 11.8 Å². The number of nitrogens with two attached hydrogens (primary N) is 1. The quantitative estimate of drug-likeness (QED) is 0.332. The van der Waals surface area contributed by atoms with Crippen LogP contribution in [0.5, 0.6) is 0 Å². The number of nitriles is 1. The van der Waals surface area contributed by atoms with E-state index in [0.29, 0.717) is 5.69 Å². The summed E-state index contributed by atoms with van der Waals surface area (Å²) in [6.45, 7) is 3.45. The molecule has 0 spiro atoms. The van der Waals surface area contributed by atoms with Gasteiger partial charge >= 0.3 is 5.97 Å². The van der Waals surface area contributed by atoms with E-state index in [4.69, 9.17) is 32.7 Å². The summed E-state index contributed by atoms with van der Waals surface area (Å²) in [4.78, 5) is 11.9. The molecule has 0 aliphatic rings. The number of nitrogens with one attached hydrogen (secondary N) is 2. The van der Waals surface area contributed by atoms with Gasteiger partial charge in [0.2, 0.25) is 5.71 Å². The first-order valence-corrected chi connectivity index (χ1v) is 6.31. The van der Waals surface area contributed by atoms with Crippen molar-refractivity contribution in [1.82, 2.24) is 0 Å². The predicted molar refractivity (Wildman–Crippen MR) is 80.6 cm³/mol. The Morgan fingerprint density at radius 2 is 2.24 bits per heavy atom. The largest absolute Gasteiger partial charge is 0.459 e. The molecule has 0 aliphatic heterocycles. The summed E-state index contributed by atoms with van der Waals surface area (Å²) < 4.78 is 5.06. The minimum absolute atomic E-state index is 0.173. The van der Waals surface area contributed by atoms with Crippen molar-refractivity contribution in [3.63, 3.8) is 0 Å². The maximum absolute atomic E-state index is 11.9. The number of rotatable bonds is 5. The standard InChI is InChI=1S/C13H14ClN5O2/c1-7(2)21-13(20)9-5-8(3-4-10(9)14)18-19-11(6-15)12(16)17/h3-5,7,18H,1-2H3,(H3,16,17)/b19-11+. The third-order valence-corrected chi connectivity index (χ3v) is 2.52. The van der Waals surface area contributed by atoms with Gasteiger partial charge in [0.1, 0.15) is 6.07 Å². The molecule has 21 heavy (non-hydrogen) atoms. The molecule has 0 radical (unpaired) electrons. The minimum atomic E-state index is -0.560. The molecule has 8 heteroatoms. The number of esters is 1. The van der Waals surface area contributed by atoms with Crippen LogP contribution in [0.4, 0.5) is 5.69 Å². The van der Waals surface area contributed by atoms with E-state index in [2.05, 4.69) is 10.5 Å². The fourth-order valence-electron chi connectivity index (χ4n) is 1.29. The van der Waals surface area contributed by atoms with Crippen LogP contribution in [0.2, 0.25) is 5.02 Å². The number of amidine groups is 1. The summed E-state index contributed by atoms with van der Waals surface area (Å²) in [6.07, 6.45) is -0.272. The molecule has 0 aliphatic carbocycles. The average molecular weight is 308 g/mol. The number of carbonyl (C=O) groups excluding carboxylic acids is 1. The molecule has 1 aromatic rings. The molecule has 1 aromatic carbocycles. The minimum Gasteiger partial charge on any atom is -0.459 e. The van der Waals surface area contributed by atoms with Gasteiger partial charge in [-0.2, -0.15) is 10.4 Å². The van der Waals surface area contributed by atoms with E-state index in [9.17, 15) is 4.79 Å². The number of halogens is 1. The second-order valence-corrected chi connectivity index (χ2v) is 4.65. The lowest BCUT2D eigenvalue weighted by Gasteiger charge is -2.10. The molecule has 0 unspecified atom stereocenters. The molecule has 0 bridgehead atoms. The van der Waals surface area contributed by atoms with Gasteiger partial charge in [-0.05, 0) is 32.0 Å². The molecule has 0 aromatic heterocycles. The van der Waals surface area contributed by atoms with Crippen molar-refractivity contribution in [2.45, 2.75) is 20.0 Å². The smallest absolute Gasteiger partial charge is 0.339 e. The highest BCUT2D eigenvalue weighted by molar-refractivity contribution is 6.45. The van der Waals surface area contributed by atoms with Crippen molar-refractivity contribution in [1.29, 1.82) is 10.7 Å². The second kappa shape index (κ2) is 7.26. The fourth-order valence-corrected chi connectivity index (χ4v) is 1.49. The Hall–Kier alpha value is -2.59. The highest BCUT2D eigenvalue weighted by Gasteiger charge is 2.14. The van der Waals surface area contributed by atoms with Gasteiger partial charge in [-0.25, -0.2) is 4.79 Å². The zero-order valence-corrected chi connectivity index (χ0v) is 12.2. The lowest BCUT2D eigenvalue weighted by atomic mass is 10.2. The Labute approximate surface area is 126 Å². The van der Waals surface area contributed by atoms with Gasteiger partial charge in [0.15, 0.2) is 5.84 Å². The highest BCUT2D eigenvalue weighted by atomic mass is 35.5. The lowest BCUT2D eigenvalue weighted by molar-refractivity contribution is 0.0378. The number of nitrogens with zero attached hydrogens (tertiary/aromatic N) is 2. The zero-order valence-electron chi connectivity index (χ0n) is 11.5. The van der Waals surface area contributed by atoms with E-state index in [1.165, 1.54) is 12.1 Å². The zero-order chi connectivity index (χ0) is 16.0. The SMILES string of the molecule is CC(C)OC(=O)c1cc(N/N=C(\C#N)C(=N)N)ccc1Cl. The monoisotopic (exact) mass is 307 g/mol. The van der Waals surface area contributed by atoms with Crippen molar-refractivity contribution in [2.75, 3.05) is 5.43 Å². The Balaban J connectivity index is 3.00. The molecule has 4 N–H and O–H groups in total. The van der Waals surface area contributed by atoms with Gasteiger partial charge in [0.05, 0.1) is 22.4 Å². The van der Waals surface area contributed by atoms with Crippen molar-refractivity contribution in [2.24, 2.45) is 10.8 Å². The molecule has 7 nitrogen and oxygen atoms in total. The summed E-state index contributed by atoms with van der Waals surface area (Å²) in [5.74, 6) is -1.02. The van der Waals surface area contributed by atoms with Gasteiger partial charge < -0.3 is 10.5 Å². The summed E-state index contributed by atoms with van der Waals surface area (Å²) >= 11 is 5.94. The first-order valence-electron chi connectivity index (χ1n) is 5.94. The van der Waals surface area contributed by atoms with Gasteiger partial charge in [0.25, 0.3) is 0 Å². The first kappa shape index (κ1) is 16.5. The third kappa shape index (κ3) is 4.78. The van der Waals surface area contributed by atoms with Crippen LogP contribution in [0.3, 0.4) is 0 Å². The van der Waals surface area contributed by atoms with Crippen molar-refractivity contribution in [3.8, 4) is 6.07 Å². The first-order chi connectivity index (χ1) is 9.85. The number of anilines is 1. The van der Waals surface area contributed by atoms with Crippen LogP contribution in [0.25, 0.3) is 0 Å². The van der Waals surface area contributed by atoms with E-state index in [-0.39, 0.29) is 22.4 Å².